The van der Waals surface area contributed by atoms with E-state index in [4.69, 9.17) is 0 Å². The van der Waals surface area contributed by atoms with E-state index < -0.39 is 11.9 Å². The Kier molecular flexibility index (Phi) is 7.53. The van der Waals surface area contributed by atoms with Crippen LogP contribution in [0.4, 0.5) is 0 Å². The molecule has 0 fully saturated rings. The molecule has 0 aliphatic heterocycles. The first-order valence-corrected chi connectivity index (χ1v) is 15.0. The largest absolute Gasteiger partial charge is 0.478 e. The quantitative estimate of drug-likeness (QED) is 0.189. The van der Waals surface area contributed by atoms with Crippen LogP contribution in [-0.2, 0) is 13.1 Å². The maximum atomic E-state index is 11.3. The highest BCUT2D eigenvalue weighted by atomic mass is 16.4. The number of nitrogens with zero attached hydrogens (tertiary/aromatic N) is 2. The number of hydrogen-bond acceptors (Lipinski definition) is 2. The Morgan fingerprint density at radius 1 is 0.435 bits per heavy atom. The van der Waals surface area contributed by atoms with E-state index in [1.807, 2.05) is 24.3 Å². The Morgan fingerprint density at radius 2 is 0.783 bits per heavy atom. The Balaban J connectivity index is 1.28. The summed E-state index contributed by atoms with van der Waals surface area (Å²) in [6.07, 6.45) is 8.27. The van der Waals surface area contributed by atoms with E-state index in [2.05, 4.69) is 107 Å². The minimum absolute atomic E-state index is 0.276. The summed E-state index contributed by atoms with van der Waals surface area (Å²) in [6.45, 7) is 1.24. The summed E-state index contributed by atoms with van der Waals surface area (Å²) in [7, 11) is 0. The molecule has 2 aromatic heterocycles. The summed E-state index contributed by atoms with van der Waals surface area (Å²) in [5.41, 5.74) is 11.9. The average molecular weight is 603 g/mol. The van der Waals surface area contributed by atoms with Crippen molar-refractivity contribution in [2.75, 3.05) is 0 Å². The van der Waals surface area contributed by atoms with Gasteiger partial charge in [0, 0.05) is 35.4 Å². The maximum absolute atomic E-state index is 11.3. The van der Waals surface area contributed by atoms with Crippen molar-refractivity contribution in [3.05, 3.63) is 191 Å². The Labute approximate surface area is 266 Å². The third kappa shape index (κ3) is 5.60. The van der Waals surface area contributed by atoms with Gasteiger partial charge in [-0.3, -0.25) is 0 Å². The fourth-order valence-electron chi connectivity index (χ4n) is 6.13. The van der Waals surface area contributed by atoms with Crippen LogP contribution in [0.5, 0.6) is 0 Å². The van der Waals surface area contributed by atoms with Crippen LogP contribution in [0.3, 0.4) is 0 Å². The number of carboxylic acid groups (broad SMARTS) is 2. The predicted molar refractivity (Wildman–Crippen MR) is 175 cm³/mol. The van der Waals surface area contributed by atoms with Crippen molar-refractivity contribution in [3.63, 3.8) is 0 Å². The normalized spacial score (nSPS) is 11.5. The molecule has 2 heterocycles. The fourth-order valence-corrected chi connectivity index (χ4v) is 6.13. The van der Waals surface area contributed by atoms with Crippen LogP contribution >= 0.6 is 0 Å². The third-order valence-electron chi connectivity index (χ3n) is 8.42. The van der Waals surface area contributed by atoms with Gasteiger partial charge in [-0.1, -0.05) is 72.8 Å². The molecule has 222 valence electrons. The third-order valence-corrected chi connectivity index (χ3v) is 8.42. The van der Waals surface area contributed by atoms with Gasteiger partial charge in [0.1, 0.15) is 0 Å². The van der Waals surface area contributed by atoms with Crippen LogP contribution in [0.1, 0.15) is 54.1 Å². The van der Waals surface area contributed by atoms with Gasteiger partial charge in [0.05, 0.1) is 11.1 Å². The zero-order chi connectivity index (χ0) is 31.6. The van der Waals surface area contributed by atoms with Gasteiger partial charge in [-0.05, 0) is 68.8 Å². The van der Waals surface area contributed by atoms with Gasteiger partial charge < -0.3 is 10.2 Å². The van der Waals surface area contributed by atoms with Gasteiger partial charge >= 0.3 is 11.9 Å². The first-order valence-electron chi connectivity index (χ1n) is 15.0. The molecule has 7 rings (SSSR count). The van der Waals surface area contributed by atoms with Crippen molar-refractivity contribution in [1.82, 2.24) is 0 Å². The lowest BCUT2D eigenvalue weighted by Crippen LogP contribution is -2.33. The molecule has 1 aliphatic carbocycles. The number of aromatic nitrogens is 2. The van der Waals surface area contributed by atoms with E-state index in [1.54, 1.807) is 24.3 Å². The van der Waals surface area contributed by atoms with Gasteiger partial charge in [-0.2, -0.15) is 0 Å². The second kappa shape index (κ2) is 12.1. The molecule has 0 unspecified atom stereocenters. The van der Waals surface area contributed by atoms with Crippen LogP contribution in [-0.4, -0.2) is 22.2 Å². The zero-order valence-corrected chi connectivity index (χ0v) is 24.9. The highest BCUT2D eigenvalue weighted by Gasteiger charge is 2.27. The fraction of sp³-hybridized carbons (Fsp3) is 0.0500. The molecular formula is C40H30N2O4+2. The van der Waals surface area contributed by atoms with E-state index in [-0.39, 0.29) is 11.1 Å². The predicted octanol–water partition coefficient (Wildman–Crippen LogP) is 6.74. The zero-order valence-electron chi connectivity index (χ0n) is 24.9. The molecule has 0 bridgehead atoms. The number of pyridine rings is 2. The number of fused-ring (bicyclic) bond motifs is 3. The van der Waals surface area contributed by atoms with Crippen molar-refractivity contribution in [1.29, 1.82) is 0 Å². The summed E-state index contributed by atoms with van der Waals surface area (Å²) < 4.78 is 4.18. The lowest BCUT2D eigenvalue weighted by Gasteiger charge is -2.14. The molecule has 6 nitrogen and oxygen atoms in total. The minimum atomic E-state index is -0.931. The SMILES string of the molecule is O=C(O)c1ccc(C[n+]2ccc(C(=C3c4ccccc4-c4ccccc43)c3cc[n+](Cc4ccc(C(=O)O)cc4)cc3)cc2)cc1. The number of carboxylic acids is 2. The molecule has 2 N–H and O–H groups in total. The molecule has 0 saturated carbocycles. The molecule has 0 saturated heterocycles. The van der Waals surface area contributed by atoms with Crippen LogP contribution in [0.2, 0.25) is 0 Å². The van der Waals surface area contributed by atoms with Gasteiger partial charge in [0.2, 0.25) is 0 Å². The second-order valence-electron chi connectivity index (χ2n) is 11.4. The smallest absolute Gasteiger partial charge is 0.335 e. The second-order valence-corrected chi connectivity index (χ2v) is 11.4. The maximum Gasteiger partial charge on any atom is 0.335 e. The van der Waals surface area contributed by atoms with Crippen LogP contribution in [0, 0.1) is 0 Å². The molecule has 4 aromatic carbocycles. The van der Waals surface area contributed by atoms with E-state index in [0.29, 0.717) is 13.1 Å². The van der Waals surface area contributed by atoms with Crippen LogP contribution < -0.4 is 9.13 Å². The van der Waals surface area contributed by atoms with Crippen molar-refractivity contribution < 1.29 is 28.9 Å². The first kappa shape index (κ1) is 28.6. The standard InChI is InChI=1S/C40H28N2O4/c43-39(44)31-13-9-27(10-14-31)25-41-21-17-29(18-22-41)37(38-35-7-3-1-5-33(35)34-6-2-4-8-36(34)38)30-19-23-42(24-20-30)26-28-11-15-32(16-12-28)40(45)46/h1-24H,25-26H2/p+2. The molecule has 6 heteroatoms. The molecular weight excluding hydrogens is 572 g/mol. The molecule has 46 heavy (non-hydrogen) atoms. The summed E-state index contributed by atoms with van der Waals surface area (Å²) in [5.74, 6) is -1.86. The van der Waals surface area contributed by atoms with Crippen LogP contribution in [0.25, 0.3) is 22.3 Å². The molecule has 0 amide bonds. The topological polar surface area (TPSA) is 82.4 Å². The van der Waals surface area contributed by atoms with Gasteiger partial charge in [-0.15, -0.1) is 0 Å². The first-order chi connectivity index (χ1) is 22.4. The summed E-state index contributed by atoms with van der Waals surface area (Å²) in [6, 6.07) is 39.6. The van der Waals surface area contributed by atoms with Gasteiger partial charge in [0.15, 0.2) is 37.9 Å². The average Bonchev–Trinajstić information content (AvgIpc) is 3.41. The van der Waals surface area contributed by atoms with E-state index in [9.17, 15) is 19.8 Å². The summed E-state index contributed by atoms with van der Waals surface area (Å²) >= 11 is 0. The van der Waals surface area contributed by atoms with Gasteiger partial charge in [0.25, 0.3) is 0 Å². The molecule has 0 spiro atoms. The van der Waals surface area contributed by atoms with Gasteiger partial charge in [-0.25, -0.2) is 18.7 Å². The van der Waals surface area contributed by atoms with Crippen molar-refractivity contribution in [3.8, 4) is 11.1 Å². The number of aromatic carboxylic acids is 2. The highest BCUT2D eigenvalue weighted by Crippen LogP contribution is 2.48. The molecule has 1 aliphatic rings. The van der Waals surface area contributed by atoms with Crippen molar-refractivity contribution >= 4 is 23.1 Å². The summed E-state index contributed by atoms with van der Waals surface area (Å²) in [4.78, 5) is 22.5. The van der Waals surface area contributed by atoms with E-state index in [0.717, 1.165) is 27.8 Å². The highest BCUT2D eigenvalue weighted by molar-refractivity contribution is 6.13. The number of benzene rings is 4. The van der Waals surface area contributed by atoms with E-state index in [1.165, 1.54) is 27.8 Å². The number of rotatable bonds is 8. The number of carbonyl (C=O) groups is 2. The molecule has 0 radical (unpaired) electrons. The number of hydrogen-bond donors (Lipinski definition) is 2. The monoisotopic (exact) mass is 602 g/mol. The molecule has 6 aromatic rings. The van der Waals surface area contributed by atoms with E-state index >= 15 is 0 Å². The van der Waals surface area contributed by atoms with Crippen molar-refractivity contribution in [2.24, 2.45) is 0 Å². The summed E-state index contributed by atoms with van der Waals surface area (Å²) in [5, 5.41) is 18.5. The minimum Gasteiger partial charge on any atom is -0.478 e. The lowest BCUT2D eigenvalue weighted by atomic mass is 9.89. The Morgan fingerprint density at radius 3 is 1.13 bits per heavy atom. The van der Waals surface area contributed by atoms with Crippen LogP contribution in [0.15, 0.2) is 146 Å². The Bertz CT molecular complexity index is 1960. The Hall–Kier alpha value is -6.14. The lowest BCUT2D eigenvalue weighted by molar-refractivity contribution is -0.688. The molecule has 0 atom stereocenters. The van der Waals surface area contributed by atoms with Crippen molar-refractivity contribution in [2.45, 2.75) is 13.1 Å².